The Hall–Kier alpha value is -2.45. The van der Waals surface area contributed by atoms with Gasteiger partial charge in [0.1, 0.15) is 11.5 Å². The van der Waals surface area contributed by atoms with Gasteiger partial charge < -0.3 is 24.0 Å². The van der Waals surface area contributed by atoms with E-state index in [9.17, 15) is 9.18 Å². The van der Waals surface area contributed by atoms with Gasteiger partial charge in [-0.3, -0.25) is 4.79 Å². The minimum absolute atomic E-state index is 0.0129. The molecule has 1 aliphatic heterocycles. The summed E-state index contributed by atoms with van der Waals surface area (Å²) in [5.41, 5.74) is 2.23. The highest BCUT2D eigenvalue weighted by atomic mass is 19.1. The molecule has 3 rings (SSSR count). The van der Waals surface area contributed by atoms with Crippen LogP contribution in [-0.2, 0) is 16.1 Å². The summed E-state index contributed by atoms with van der Waals surface area (Å²) < 4.78 is 24.5. The van der Waals surface area contributed by atoms with Crippen LogP contribution in [0.5, 0.6) is 0 Å². The second kappa shape index (κ2) is 9.16. The van der Waals surface area contributed by atoms with E-state index in [0.717, 1.165) is 17.7 Å². The van der Waals surface area contributed by atoms with E-state index in [-0.39, 0.29) is 11.7 Å². The molecule has 0 unspecified atom stereocenters. The van der Waals surface area contributed by atoms with Crippen LogP contribution in [0.4, 0.5) is 10.3 Å². The maximum absolute atomic E-state index is 13.4. The lowest BCUT2D eigenvalue weighted by Crippen LogP contribution is -2.38. The monoisotopic (exact) mass is 390 g/mol. The molecule has 0 aliphatic carbocycles. The molecule has 0 saturated carbocycles. The zero-order valence-corrected chi connectivity index (χ0v) is 16.7. The Morgan fingerprint density at radius 3 is 2.46 bits per heavy atom. The number of aromatic nitrogens is 1. The summed E-state index contributed by atoms with van der Waals surface area (Å²) in [6.07, 6.45) is 0. The topological polar surface area (TPSA) is 62.1 Å². The van der Waals surface area contributed by atoms with Crippen molar-refractivity contribution in [2.24, 2.45) is 0 Å². The van der Waals surface area contributed by atoms with Gasteiger partial charge in [0.2, 0.25) is 11.8 Å². The van der Waals surface area contributed by atoms with Crippen molar-refractivity contribution in [3.8, 4) is 11.3 Å². The van der Waals surface area contributed by atoms with Crippen molar-refractivity contribution in [2.75, 3.05) is 58.4 Å². The van der Waals surface area contributed by atoms with Gasteiger partial charge in [0.05, 0.1) is 25.3 Å². The van der Waals surface area contributed by atoms with Crippen LogP contribution >= 0.6 is 0 Å². The van der Waals surface area contributed by atoms with Gasteiger partial charge in [0.25, 0.3) is 0 Å². The second-order valence-corrected chi connectivity index (χ2v) is 7.17. The number of anilines is 1. The van der Waals surface area contributed by atoms with Gasteiger partial charge in [-0.2, -0.15) is 0 Å². The SMILES string of the molecule is CC(=O)N(CCN(C)C)Cc1c(-c2ccc(F)cc2)noc1N1CCOCC1. The first-order chi connectivity index (χ1) is 13.5. The van der Waals surface area contributed by atoms with E-state index in [0.29, 0.717) is 51.0 Å². The van der Waals surface area contributed by atoms with Crippen LogP contribution in [-0.4, -0.2) is 74.4 Å². The van der Waals surface area contributed by atoms with Gasteiger partial charge in [-0.1, -0.05) is 5.16 Å². The third-order valence-electron chi connectivity index (χ3n) is 4.79. The molecule has 0 radical (unpaired) electrons. The summed E-state index contributed by atoms with van der Waals surface area (Å²) in [6.45, 7) is 5.92. The minimum atomic E-state index is -0.307. The molecule has 2 aromatic rings. The number of halogens is 1. The lowest BCUT2D eigenvalue weighted by atomic mass is 10.1. The van der Waals surface area contributed by atoms with E-state index in [1.165, 1.54) is 12.1 Å². The van der Waals surface area contributed by atoms with E-state index < -0.39 is 0 Å². The van der Waals surface area contributed by atoms with E-state index in [2.05, 4.69) is 10.1 Å². The average Bonchev–Trinajstić information content (AvgIpc) is 3.09. The fraction of sp³-hybridized carbons (Fsp3) is 0.500. The number of carbonyl (C=O) groups excluding carboxylic acids is 1. The van der Waals surface area contributed by atoms with E-state index in [4.69, 9.17) is 9.26 Å². The molecule has 1 aromatic heterocycles. The quantitative estimate of drug-likeness (QED) is 0.723. The number of likely N-dealkylation sites (N-methyl/N-ethyl adjacent to an activating group) is 1. The highest BCUT2D eigenvalue weighted by Gasteiger charge is 2.26. The normalized spacial score (nSPS) is 14.5. The highest BCUT2D eigenvalue weighted by molar-refractivity contribution is 5.75. The van der Waals surface area contributed by atoms with Gasteiger partial charge in [-0.25, -0.2) is 4.39 Å². The van der Waals surface area contributed by atoms with Crippen molar-refractivity contribution < 1.29 is 18.4 Å². The summed E-state index contributed by atoms with van der Waals surface area (Å²) >= 11 is 0. The number of hydrogen-bond acceptors (Lipinski definition) is 6. The van der Waals surface area contributed by atoms with Gasteiger partial charge in [-0.15, -0.1) is 0 Å². The zero-order chi connectivity index (χ0) is 20.1. The van der Waals surface area contributed by atoms with Crippen LogP contribution < -0.4 is 4.90 Å². The number of nitrogens with zero attached hydrogens (tertiary/aromatic N) is 4. The Balaban J connectivity index is 1.95. The largest absolute Gasteiger partial charge is 0.378 e. The Bertz CT molecular complexity index is 785. The molecule has 0 spiro atoms. The summed E-state index contributed by atoms with van der Waals surface area (Å²) in [4.78, 5) is 18.1. The average molecular weight is 390 g/mol. The predicted octanol–water partition coefficient (Wildman–Crippen LogP) is 2.23. The first-order valence-corrected chi connectivity index (χ1v) is 9.43. The first-order valence-electron chi connectivity index (χ1n) is 9.43. The summed E-state index contributed by atoms with van der Waals surface area (Å²) in [6, 6.07) is 6.16. The van der Waals surface area contributed by atoms with Crippen LogP contribution in [0, 0.1) is 5.82 Å². The fourth-order valence-electron chi connectivity index (χ4n) is 3.15. The van der Waals surface area contributed by atoms with Gasteiger partial charge in [0.15, 0.2) is 0 Å². The number of amides is 1. The van der Waals surface area contributed by atoms with Gasteiger partial charge in [0, 0.05) is 38.7 Å². The lowest BCUT2D eigenvalue weighted by molar-refractivity contribution is -0.129. The number of hydrogen-bond donors (Lipinski definition) is 0. The van der Waals surface area contributed by atoms with Gasteiger partial charge in [-0.05, 0) is 38.4 Å². The second-order valence-electron chi connectivity index (χ2n) is 7.17. The molecule has 8 heteroatoms. The Kier molecular flexibility index (Phi) is 6.64. The van der Waals surface area contributed by atoms with Crippen molar-refractivity contribution in [3.63, 3.8) is 0 Å². The van der Waals surface area contributed by atoms with Crippen LogP contribution in [0.2, 0.25) is 0 Å². The molecule has 2 heterocycles. The van der Waals surface area contributed by atoms with Crippen LogP contribution in [0.25, 0.3) is 11.3 Å². The van der Waals surface area contributed by atoms with Crippen LogP contribution in [0.1, 0.15) is 12.5 Å². The standard InChI is InChI=1S/C20H27FN4O3/c1-15(26)25(9-8-23(2)3)14-18-19(16-4-6-17(21)7-5-16)22-28-20(18)24-10-12-27-13-11-24/h4-7H,8-14H2,1-3H3. The van der Waals surface area contributed by atoms with Crippen LogP contribution in [0.15, 0.2) is 28.8 Å². The molecule has 1 fully saturated rings. The molecular formula is C20H27FN4O3. The van der Waals surface area contributed by atoms with Crippen molar-refractivity contribution in [1.82, 2.24) is 15.0 Å². The maximum atomic E-state index is 13.4. The Morgan fingerprint density at radius 2 is 1.86 bits per heavy atom. The molecule has 1 saturated heterocycles. The molecule has 1 aromatic carbocycles. The van der Waals surface area contributed by atoms with Crippen molar-refractivity contribution >= 4 is 11.8 Å². The first kappa shape index (κ1) is 20.3. The molecule has 0 bridgehead atoms. The van der Waals surface area contributed by atoms with Crippen molar-refractivity contribution in [1.29, 1.82) is 0 Å². The summed E-state index contributed by atoms with van der Waals surface area (Å²) in [5, 5.41) is 4.27. The molecule has 152 valence electrons. The third-order valence-corrected chi connectivity index (χ3v) is 4.79. The maximum Gasteiger partial charge on any atom is 0.233 e. The zero-order valence-electron chi connectivity index (χ0n) is 16.7. The fourth-order valence-corrected chi connectivity index (χ4v) is 3.15. The van der Waals surface area contributed by atoms with Crippen molar-refractivity contribution in [3.05, 3.63) is 35.6 Å². The van der Waals surface area contributed by atoms with Gasteiger partial charge >= 0.3 is 0 Å². The number of ether oxygens (including phenoxy) is 1. The third kappa shape index (κ3) is 4.88. The molecule has 28 heavy (non-hydrogen) atoms. The Labute approximate surface area is 164 Å². The summed E-state index contributed by atoms with van der Waals surface area (Å²) in [5.74, 6) is 0.332. The number of benzene rings is 1. The molecule has 1 aliphatic rings. The highest BCUT2D eigenvalue weighted by Crippen LogP contribution is 2.33. The lowest BCUT2D eigenvalue weighted by Gasteiger charge is -2.28. The summed E-state index contributed by atoms with van der Waals surface area (Å²) in [7, 11) is 3.95. The number of morpholine rings is 1. The Morgan fingerprint density at radius 1 is 1.18 bits per heavy atom. The molecule has 0 N–H and O–H groups in total. The number of rotatable bonds is 7. The molecule has 1 amide bonds. The minimum Gasteiger partial charge on any atom is -0.378 e. The van der Waals surface area contributed by atoms with E-state index >= 15 is 0 Å². The predicted molar refractivity (Wildman–Crippen MR) is 105 cm³/mol. The number of carbonyl (C=O) groups is 1. The van der Waals surface area contributed by atoms with E-state index in [1.807, 2.05) is 19.0 Å². The smallest absolute Gasteiger partial charge is 0.233 e. The van der Waals surface area contributed by atoms with Crippen LogP contribution in [0.3, 0.4) is 0 Å². The van der Waals surface area contributed by atoms with E-state index in [1.54, 1.807) is 24.0 Å². The molecular weight excluding hydrogens is 363 g/mol. The molecule has 7 nitrogen and oxygen atoms in total. The van der Waals surface area contributed by atoms with Crippen molar-refractivity contribution in [2.45, 2.75) is 13.5 Å². The molecule has 0 atom stereocenters.